The highest BCUT2D eigenvalue weighted by atomic mass is 14.7. The molecular formula is C23H29N. The number of nitrogens with zero attached hydrogens (tertiary/aromatic N) is 1. The van der Waals surface area contributed by atoms with Crippen LogP contribution >= 0.6 is 0 Å². The predicted octanol–water partition coefficient (Wildman–Crippen LogP) is 7.06. The fourth-order valence-corrected chi connectivity index (χ4v) is 2.97. The molecule has 1 unspecified atom stereocenters. The molecule has 0 radical (unpaired) electrons. The summed E-state index contributed by atoms with van der Waals surface area (Å²) in [6.45, 7) is 12.8. The lowest BCUT2D eigenvalue weighted by molar-refractivity contribution is 0.736. The summed E-state index contributed by atoms with van der Waals surface area (Å²) < 4.78 is 0. The largest absolute Gasteiger partial charge is 0.256 e. The quantitative estimate of drug-likeness (QED) is 0.503. The van der Waals surface area contributed by atoms with Crippen molar-refractivity contribution >= 4 is 10.8 Å². The van der Waals surface area contributed by atoms with Crippen LogP contribution in [-0.4, -0.2) is 4.98 Å². The molecule has 1 aromatic heterocycles. The second kappa shape index (κ2) is 8.10. The lowest BCUT2D eigenvalue weighted by Crippen LogP contribution is -1.98. The number of pyridine rings is 1. The van der Waals surface area contributed by atoms with Gasteiger partial charge in [-0.15, -0.1) is 0 Å². The minimum absolute atomic E-state index is 0.531. The summed E-state index contributed by atoms with van der Waals surface area (Å²) in [5, 5.41) is 2.58. The van der Waals surface area contributed by atoms with E-state index in [9.17, 15) is 0 Å². The van der Waals surface area contributed by atoms with Gasteiger partial charge in [-0.05, 0) is 59.7 Å². The number of aromatic nitrogens is 1. The molecule has 3 aromatic rings. The van der Waals surface area contributed by atoms with Crippen LogP contribution in [0.15, 0.2) is 48.7 Å². The number of hydrogen-bond acceptors (Lipinski definition) is 1. The average Bonchev–Trinajstić information content (AvgIpc) is 2.64. The minimum Gasteiger partial charge on any atom is -0.256 e. The summed E-state index contributed by atoms with van der Waals surface area (Å²) in [5.74, 6) is 0.531. The molecule has 0 aliphatic heterocycles. The third kappa shape index (κ3) is 3.51. The van der Waals surface area contributed by atoms with E-state index in [0.717, 1.165) is 12.1 Å². The zero-order valence-electron chi connectivity index (χ0n) is 15.9. The van der Waals surface area contributed by atoms with E-state index in [1.54, 1.807) is 0 Å². The van der Waals surface area contributed by atoms with E-state index >= 15 is 0 Å². The van der Waals surface area contributed by atoms with Crippen LogP contribution in [0.25, 0.3) is 22.0 Å². The average molecular weight is 319 g/mol. The minimum atomic E-state index is 0.531. The van der Waals surface area contributed by atoms with Crippen LogP contribution in [0.2, 0.25) is 0 Å². The van der Waals surface area contributed by atoms with Gasteiger partial charge in [0.15, 0.2) is 0 Å². The van der Waals surface area contributed by atoms with Crippen molar-refractivity contribution < 1.29 is 0 Å². The third-order valence-corrected chi connectivity index (χ3v) is 4.73. The third-order valence-electron chi connectivity index (χ3n) is 4.73. The highest BCUT2D eigenvalue weighted by Crippen LogP contribution is 2.36. The second-order valence-corrected chi connectivity index (χ2v) is 6.21. The van der Waals surface area contributed by atoms with Gasteiger partial charge in [-0.3, -0.25) is 4.98 Å². The number of rotatable bonds is 3. The van der Waals surface area contributed by atoms with Gasteiger partial charge < -0.3 is 0 Å². The van der Waals surface area contributed by atoms with Crippen LogP contribution in [0.4, 0.5) is 0 Å². The molecule has 2 aromatic carbocycles. The number of benzene rings is 2. The SMILES string of the molecule is CC.CCC(C)c1ccc2ccccc2c1-c1cc(C)c(C)cn1. The van der Waals surface area contributed by atoms with Gasteiger partial charge in [0, 0.05) is 11.8 Å². The Kier molecular flexibility index (Phi) is 6.14. The molecule has 0 saturated carbocycles. The molecule has 3 rings (SSSR count). The summed E-state index contributed by atoms with van der Waals surface area (Å²) in [4.78, 5) is 4.74. The Morgan fingerprint density at radius 3 is 2.33 bits per heavy atom. The maximum atomic E-state index is 4.74. The first-order chi connectivity index (χ1) is 11.6. The van der Waals surface area contributed by atoms with E-state index in [0.29, 0.717) is 5.92 Å². The van der Waals surface area contributed by atoms with Gasteiger partial charge in [-0.2, -0.15) is 0 Å². The van der Waals surface area contributed by atoms with E-state index in [-0.39, 0.29) is 0 Å². The zero-order valence-corrected chi connectivity index (χ0v) is 15.9. The van der Waals surface area contributed by atoms with Crippen molar-refractivity contribution in [3.8, 4) is 11.3 Å². The van der Waals surface area contributed by atoms with Gasteiger partial charge in [-0.1, -0.05) is 64.1 Å². The zero-order chi connectivity index (χ0) is 17.7. The summed E-state index contributed by atoms with van der Waals surface area (Å²) in [6.07, 6.45) is 3.13. The molecule has 0 bridgehead atoms. The molecule has 1 heterocycles. The Bertz CT molecular complexity index is 817. The molecule has 24 heavy (non-hydrogen) atoms. The molecule has 0 aliphatic carbocycles. The first-order valence-electron chi connectivity index (χ1n) is 9.07. The molecule has 1 nitrogen and oxygen atoms in total. The Hall–Kier alpha value is -2.15. The molecule has 0 spiro atoms. The first-order valence-corrected chi connectivity index (χ1v) is 9.07. The van der Waals surface area contributed by atoms with E-state index in [1.807, 2.05) is 20.0 Å². The Labute approximate surface area is 146 Å². The van der Waals surface area contributed by atoms with Gasteiger partial charge in [0.2, 0.25) is 0 Å². The number of fused-ring (bicyclic) bond motifs is 1. The predicted molar refractivity (Wildman–Crippen MR) is 107 cm³/mol. The topological polar surface area (TPSA) is 12.9 Å². The van der Waals surface area contributed by atoms with Crippen molar-refractivity contribution in [2.45, 2.75) is 53.9 Å². The van der Waals surface area contributed by atoms with E-state index in [2.05, 4.69) is 70.2 Å². The molecule has 1 atom stereocenters. The molecule has 0 aliphatic rings. The fourth-order valence-electron chi connectivity index (χ4n) is 2.97. The molecule has 0 N–H and O–H groups in total. The van der Waals surface area contributed by atoms with Crippen molar-refractivity contribution in [1.82, 2.24) is 4.98 Å². The van der Waals surface area contributed by atoms with Gasteiger partial charge in [-0.25, -0.2) is 0 Å². The number of aryl methyl sites for hydroxylation is 2. The van der Waals surface area contributed by atoms with Crippen LogP contribution < -0.4 is 0 Å². The highest BCUT2D eigenvalue weighted by molar-refractivity contribution is 5.97. The van der Waals surface area contributed by atoms with Gasteiger partial charge >= 0.3 is 0 Å². The molecule has 126 valence electrons. The fraction of sp³-hybridized carbons (Fsp3) is 0.348. The normalized spacial score (nSPS) is 11.8. The highest BCUT2D eigenvalue weighted by Gasteiger charge is 2.15. The van der Waals surface area contributed by atoms with Crippen molar-refractivity contribution in [3.05, 3.63) is 65.4 Å². The lowest BCUT2D eigenvalue weighted by atomic mass is 9.88. The number of hydrogen-bond donors (Lipinski definition) is 0. The van der Waals surface area contributed by atoms with Crippen LogP contribution in [0.5, 0.6) is 0 Å². The van der Waals surface area contributed by atoms with Crippen molar-refractivity contribution in [1.29, 1.82) is 0 Å². The van der Waals surface area contributed by atoms with Crippen molar-refractivity contribution in [3.63, 3.8) is 0 Å². The van der Waals surface area contributed by atoms with Gasteiger partial charge in [0.05, 0.1) is 5.69 Å². The van der Waals surface area contributed by atoms with Crippen LogP contribution in [-0.2, 0) is 0 Å². The molecule has 0 fully saturated rings. The maximum Gasteiger partial charge on any atom is 0.0713 e. The summed E-state index contributed by atoms with van der Waals surface area (Å²) in [5.41, 5.74) is 6.34. The molecular weight excluding hydrogens is 290 g/mol. The molecule has 0 saturated heterocycles. The smallest absolute Gasteiger partial charge is 0.0713 e. The Balaban J connectivity index is 0.00000100. The summed E-state index contributed by atoms with van der Waals surface area (Å²) in [6, 6.07) is 15.4. The molecule has 0 amide bonds. The Morgan fingerprint density at radius 1 is 0.958 bits per heavy atom. The van der Waals surface area contributed by atoms with E-state index in [4.69, 9.17) is 4.98 Å². The van der Waals surface area contributed by atoms with Crippen LogP contribution in [0.3, 0.4) is 0 Å². The molecule has 1 heteroatoms. The van der Waals surface area contributed by atoms with Gasteiger partial charge in [0.25, 0.3) is 0 Å². The standard InChI is InChI=1S/C21H23N.C2H6/c1-5-14(2)18-11-10-17-8-6-7-9-19(17)21(18)20-12-15(3)16(4)13-22-20;1-2/h6-14H,5H2,1-4H3;1-2H3. The van der Waals surface area contributed by atoms with Crippen LogP contribution in [0.1, 0.15) is 56.7 Å². The van der Waals surface area contributed by atoms with Crippen LogP contribution in [0, 0.1) is 13.8 Å². The first kappa shape index (κ1) is 18.2. The Morgan fingerprint density at radius 2 is 1.67 bits per heavy atom. The van der Waals surface area contributed by atoms with Gasteiger partial charge in [0.1, 0.15) is 0 Å². The second-order valence-electron chi connectivity index (χ2n) is 6.21. The van der Waals surface area contributed by atoms with Crippen molar-refractivity contribution in [2.75, 3.05) is 0 Å². The van der Waals surface area contributed by atoms with Crippen molar-refractivity contribution in [2.24, 2.45) is 0 Å². The monoisotopic (exact) mass is 319 g/mol. The van der Waals surface area contributed by atoms with E-state index < -0.39 is 0 Å². The van der Waals surface area contributed by atoms with E-state index in [1.165, 1.54) is 33.0 Å². The lowest BCUT2D eigenvalue weighted by Gasteiger charge is -2.18. The maximum absolute atomic E-state index is 4.74. The summed E-state index contributed by atoms with van der Waals surface area (Å²) >= 11 is 0. The summed E-state index contributed by atoms with van der Waals surface area (Å²) in [7, 11) is 0.